The molecular formula is C26H24N4O2. The summed E-state index contributed by atoms with van der Waals surface area (Å²) in [5.74, 6) is 1.12. The number of nitrogens with zero attached hydrogens (tertiary/aromatic N) is 3. The molecule has 6 nitrogen and oxygen atoms in total. The Morgan fingerprint density at radius 2 is 1.72 bits per heavy atom. The van der Waals surface area contributed by atoms with Gasteiger partial charge in [0.1, 0.15) is 0 Å². The highest BCUT2D eigenvalue weighted by Gasteiger charge is 2.43. The van der Waals surface area contributed by atoms with E-state index in [4.69, 9.17) is 4.74 Å². The molecule has 160 valence electrons. The molecule has 1 aromatic heterocycles. The third-order valence-corrected chi connectivity index (χ3v) is 5.89. The van der Waals surface area contributed by atoms with E-state index in [1.165, 1.54) is 5.56 Å². The van der Waals surface area contributed by atoms with E-state index < -0.39 is 0 Å². The van der Waals surface area contributed by atoms with Crippen molar-refractivity contribution in [3.05, 3.63) is 90.0 Å². The number of nitrogens with one attached hydrogen (secondary N) is 1. The van der Waals surface area contributed by atoms with Gasteiger partial charge in [0, 0.05) is 17.2 Å². The number of carbonyl (C=O) groups is 1. The van der Waals surface area contributed by atoms with Crippen LogP contribution in [0.25, 0.3) is 17.1 Å². The molecule has 32 heavy (non-hydrogen) atoms. The highest BCUT2D eigenvalue weighted by Crippen LogP contribution is 2.47. The molecule has 1 heterocycles. The van der Waals surface area contributed by atoms with Crippen LogP contribution in [0.4, 0.5) is 5.69 Å². The lowest BCUT2D eigenvalue weighted by atomic mass is 10.1. The minimum atomic E-state index is 0.0318. The summed E-state index contributed by atoms with van der Waals surface area (Å²) in [5, 5.41) is 7.53. The fourth-order valence-electron chi connectivity index (χ4n) is 4.03. The van der Waals surface area contributed by atoms with E-state index in [-0.39, 0.29) is 11.8 Å². The fraction of sp³-hybridized carbons (Fsp3) is 0.192. The molecule has 2 atom stereocenters. The minimum Gasteiger partial charge on any atom is -0.466 e. The van der Waals surface area contributed by atoms with Crippen molar-refractivity contribution >= 4 is 11.6 Å². The predicted octanol–water partition coefficient (Wildman–Crippen LogP) is 4.99. The van der Waals surface area contributed by atoms with Crippen LogP contribution >= 0.6 is 0 Å². The van der Waals surface area contributed by atoms with E-state index in [1.807, 2.05) is 73.7 Å². The van der Waals surface area contributed by atoms with Crippen molar-refractivity contribution in [2.24, 2.45) is 5.92 Å². The topological polar surface area (TPSA) is 69.0 Å². The van der Waals surface area contributed by atoms with Gasteiger partial charge in [0.2, 0.25) is 5.91 Å². The van der Waals surface area contributed by atoms with Crippen molar-refractivity contribution < 1.29 is 9.53 Å². The van der Waals surface area contributed by atoms with Crippen LogP contribution in [0.5, 0.6) is 6.01 Å². The van der Waals surface area contributed by atoms with E-state index in [0.717, 1.165) is 28.9 Å². The first-order valence-electron chi connectivity index (χ1n) is 10.7. The van der Waals surface area contributed by atoms with Crippen molar-refractivity contribution in [3.63, 3.8) is 0 Å². The Morgan fingerprint density at radius 1 is 1.00 bits per heavy atom. The molecule has 1 aliphatic carbocycles. The number of ether oxygens (including phenoxy) is 1. The molecule has 4 aromatic rings. The standard InChI is InChI=1S/C26H24N4O2/c1-17-8-6-7-11-21(17)24-28-26(32-2)29-30(24)20-14-12-19(13-15-20)27-25(31)23-16-22(23)18-9-4-3-5-10-18/h3-15,22-23H,16H2,1-2H3,(H,27,31)/t22-,23-/m0/s1. The Hall–Kier alpha value is -3.93. The summed E-state index contributed by atoms with van der Waals surface area (Å²) in [7, 11) is 1.56. The Bertz CT molecular complexity index is 1250. The lowest BCUT2D eigenvalue weighted by Crippen LogP contribution is -2.14. The van der Waals surface area contributed by atoms with Gasteiger partial charge in [0.15, 0.2) is 5.82 Å². The van der Waals surface area contributed by atoms with Crippen molar-refractivity contribution in [1.29, 1.82) is 0 Å². The molecular weight excluding hydrogens is 400 g/mol. The third-order valence-electron chi connectivity index (χ3n) is 5.89. The van der Waals surface area contributed by atoms with Crippen LogP contribution in [-0.2, 0) is 4.79 Å². The molecule has 1 aliphatic rings. The average Bonchev–Trinajstić information content (AvgIpc) is 3.53. The quantitative estimate of drug-likeness (QED) is 0.473. The molecule has 0 radical (unpaired) electrons. The molecule has 1 fully saturated rings. The smallest absolute Gasteiger partial charge is 0.336 e. The molecule has 0 aliphatic heterocycles. The maximum absolute atomic E-state index is 12.7. The Kier molecular flexibility index (Phi) is 5.19. The highest BCUT2D eigenvalue weighted by atomic mass is 16.5. The van der Waals surface area contributed by atoms with Crippen molar-refractivity contribution in [3.8, 4) is 23.1 Å². The number of hydrogen-bond donors (Lipinski definition) is 1. The number of hydrogen-bond acceptors (Lipinski definition) is 4. The van der Waals surface area contributed by atoms with Crippen molar-refractivity contribution in [2.75, 3.05) is 12.4 Å². The number of rotatable bonds is 6. The first-order valence-corrected chi connectivity index (χ1v) is 10.7. The lowest BCUT2D eigenvalue weighted by molar-refractivity contribution is -0.117. The summed E-state index contributed by atoms with van der Waals surface area (Å²) in [6.45, 7) is 2.04. The normalized spacial score (nSPS) is 17.1. The number of benzene rings is 3. The van der Waals surface area contributed by atoms with Gasteiger partial charge < -0.3 is 10.1 Å². The van der Waals surface area contributed by atoms with Crippen LogP contribution in [0.2, 0.25) is 0 Å². The summed E-state index contributed by atoms with van der Waals surface area (Å²) in [4.78, 5) is 17.2. The van der Waals surface area contributed by atoms with E-state index in [9.17, 15) is 4.79 Å². The van der Waals surface area contributed by atoms with Crippen LogP contribution in [-0.4, -0.2) is 27.8 Å². The van der Waals surface area contributed by atoms with Gasteiger partial charge in [-0.05, 0) is 54.7 Å². The zero-order valence-corrected chi connectivity index (χ0v) is 18.0. The Balaban J connectivity index is 1.34. The Morgan fingerprint density at radius 3 is 2.44 bits per heavy atom. The summed E-state index contributed by atoms with van der Waals surface area (Å²) in [5.41, 5.74) is 4.92. The first kappa shape index (κ1) is 20.0. The van der Waals surface area contributed by atoms with Gasteiger partial charge in [-0.1, -0.05) is 54.6 Å². The SMILES string of the molecule is COc1nc(-c2ccccc2C)n(-c2ccc(NC(=O)[C@H]3C[C@H]3c3ccccc3)cc2)n1. The number of methoxy groups -OCH3 is 1. The van der Waals surface area contributed by atoms with Crippen LogP contribution in [0.1, 0.15) is 23.5 Å². The molecule has 1 amide bonds. The predicted molar refractivity (Wildman–Crippen MR) is 124 cm³/mol. The molecule has 0 unspecified atom stereocenters. The van der Waals surface area contributed by atoms with Crippen LogP contribution in [0, 0.1) is 12.8 Å². The van der Waals surface area contributed by atoms with Gasteiger partial charge in [0.25, 0.3) is 0 Å². The van der Waals surface area contributed by atoms with E-state index in [1.54, 1.807) is 11.8 Å². The summed E-state index contributed by atoms with van der Waals surface area (Å²) in [6, 6.07) is 26.2. The van der Waals surface area contributed by atoms with Crippen LogP contribution < -0.4 is 10.1 Å². The minimum absolute atomic E-state index is 0.0318. The second-order valence-electron chi connectivity index (χ2n) is 8.04. The first-order chi connectivity index (χ1) is 15.6. The van der Waals surface area contributed by atoms with E-state index >= 15 is 0 Å². The van der Waals surface area contributed by atoms with Crippen LogP contribution in [0.15, 0.2) is 78.9 Å². The molecule has 5 rings (SSSR count). The van der Waals surface area contributed by atoms with Gasteiger partial charge in [-0.25, -0.2) is 4.68 Å². The maximum Gasteiger partial charge on any atom is 0.336 e. The number of aryl methyl sites for hydroxylation is 1. The summed E-state index contributed by atoms with van der Waals surface area (Å²) < 4.78 is 7.04. The third kappa shape index (κ3) is 3.87. The van der Waals surface area contributed by atoms with Crippen molar-refractivity contribution in [2.45, 2.75) is 19.3 Å². The summed E-state index contributed by atoms with van der Waals surface area (Å²) in [6.07, 6.45) is 0.895. The van der Waals surface area contributed by atoms with Crippen LogP contribution in [0.3, 0.4) is 0 Å². The summed E-state index contributed by atoms with van der Waals surface area (Å²) >= 11 is 0. The number of anilines is 1. The van der Waals surface area contributed by atoms with Gasteiger partial charge in [-0.3, -0.25) is 4.79 Å². The molecule has 1 N–H and O–H groups in total. The zero-order chi connectivity index (χ0) is 22.1. The highest BCUT2D eigenvalue weighted by molar-refractivity contribution is 5.95. The van der Waals surface area contributed by atoms with Crippen molar-refractivity contribution in [1.82, 2.24) is 14.8 Å². The molecule has 1 saturated carbocycles. The number of aromatic nitrogens is 3. The van der Waals surface area contributed by atoms with E-state index in [0.29, 0.717) is 17.8 Å². The molecule has 0 bridgehead atoms. The Labute approximate surface area is 186 Å². The zero-order valence-electron chi connectivity index (χ0n) is 18.0. The van der Waals surface area contributed by atoms with Gasteiger partial charge in [-0.2, -0.15) is 4.98 Å². The second kappa shape index (κ2) is 8.30. The molecule has 6 heteroatoms. The fourth-order valence-corrected chi connectivity index (χ4v) is 4.03. The molecule has 3 aromatic carbocycles. The van der Waals surface area contributed by atoms with Gasteiger partial charge in [0.05, 0.1) is 12.8 Å². The monoisotopic (exact) mass is 424 g/mol. The molecule has 0 spiro atoms. The number of amides is 1. The molecule has 0 saturated heterocycles. The van der Waals surface area contributed by atoms with E-state index in [2.05, 4.69) is 27.5 Å². The maximum atomic E-state index is 12.7. The average molecular weight is 425 g/mol. The lowest BCUT2D eigenvalue weighted by Gasteiger charge is -2.09. The van der Waals surface area contributed by atoms with Gasteiger partial charge in [-0.15, -0.1) is 5.10 Å². The van der Waals surface area contributed by atoms with Gasteiger partial charge >= 0.3 is 6.01 Å². The largest absolute Gasteiger partial charge is 0.466 e. The second-order valence-corrected chi connectivity index (χ2v) is 8.04. The number of carbonyl (C=O) groups excluding carboxylic acids is 1.